The zero-order valence-corrected chi connectivity index (χ0v) is 14.1. The number of aromatic nitrogens is 2. The lowest BCUT2D eigenvalue weighted by molar-refractivity contribution is 0.277. The molecule has 0 bridgehead atoms. The Morgan fingerprint density at radius 1 is 0.960 bits per heavy atom. The summed E-state index contributed by atoms with van der Waals surface area (Å²) in [6, 6.07) is 9.65. The Kier molecular flexibility index (Phi) is 4.48. The molecule has 25 heavy (non-hydrogen) atoms. The van der Waals surface area contributed by atoms with Crippen LogP contribution in [0.2, 0.25) is 0 Å². The van der Waals surface area contributed by atoms with Crippen LogP contribution < -0.4 is 5.56 Å². The van der Waals surface area contributed by atoms with Crippen LogP contribution in [0, 0.1) is 0 Å². The highest BCUT2D eigenvalue weighted by atomic mass is 16.3. The van der Waals surface area contributed by atoms with Crippen molar-refractivity contribution in [3.05, 3.63) is 88.0 Å². The summed E-state index contributed by atoms with van der Waals surface area (Å²) >= 11 is 0. The monoisotopic (exact) mass is 335 g/mol. The fraction of sp³-hybridized carbons (Fsp3) is 0.300. The number of hydrogen-bond donors (Lipinski definition) is 0. The minimum Gasteiger partial charge on any atom is -0.472 e. The van der Waals surface area contributed by atoms with Crippen molar-refractivity contribution in [2.45, 2.75) is 25.9 Å². The first-order chi connectivity index (χ1) is 12.3. The van der Waals surface area contributed by atoms with E-state index in [-0.39, 0.29) is 5.56 Å². The summed E-state index contributed by atoms with van der Waals surface area (Å²) in [6.45, 7) is 3.43. The topological polar surface area (TPSA) is 51.3 Å². The van der Waals surface area contributed by atoms with Crippen molar-refractivity contribution in [2.75, 3.05) is 13.1 Å². The quantitative estimate of drug-likeness (QED) is 0.735. The molecule has 0 N–H and O–H groups in total. The van der Waals surface area contributed by atoms with Gasteiger partial charge in [-0.15, -0.1) is 0 Å². The predicted molar refractivity (Wildman–Crippen MR) is 95.4 cm³/mol. The van der Waals surface area contributed by atoms with Crippen molar-refractivity contribution in [1.82, 2.24) is 14.5 Å². The normalized spacial score (nSPS) is 14.9. The number of fused-ring (bicyclic) bond motifs is 1. The van der Waals surface area contributed by atoms with E-state index in [9.17, 15) is 4.79 Å². The Bertz CT molecular complexity index is 885. The minimum absolute atomic E-state index is 0.0684. The van der Waals surface area contributed by atoms with Crippen molar-refractivity contribution >= 4 is 0 Å². The third kappa shape index (κ3) is 3.56. The molecule has 0 spiro atoms. The largest absolute Gasteiger partial charge is 0.472 e. The van der Waals surface area contributed by atoms with Crippen LogP contribution in [-0.2, 0) is 25.9 Å². The van der Waals surface area contributed by atoms with Gasteiger partial charge in [0.05, 0.1) is 19.1 Å². The molecule has 4 rings (SSSR count). The molecule has 128 valence electrons. The average molecular weight is 335 g/mol. The van der Waals surface area contributed by atoms with Crippen LogP contribution in [-0.4, -0.2) is 27.5 Å². The zero-order valence-electron chi connectivity index (χ0n) is 14.1. The van der Waals surface area contributed by atoms with E-state index < -0.39 is 0 Å². The summed E-state index contributed by atoms with van der Waals surface area (Å²) < 4.78 is 7.10. The second-order valence-corrected chi connectivity index (χ2v) is 6.49. The molecule has 5 nitrogen and oxygen atoms in total. The van der Waals surface area contributed by atoms with E-state index in [0.29, 0.717) is 6.54 Å². The van der Waals surface area contributed by atoms with Crippen LogP contribution in [0.3, 0.4) is 0 Å². The Morgan fingerprint density at radius 3 is 2.60 bits per heavy atom. The third-order valence-electron chi connectivity index (χ3n) is 4.83. The van der Waals surface area contributed by atoms with Gasteiger partial charge in [0, 0.05) is 55.8 Å². The highest BCUT2D eigenvalue weighted by molar-refractivity contribution is 5.25. The lowest BCUT2D eigenvalue weighted by atomic mass is 10.1. The first-order valence-electron chi connectivity index (χ1n) is 8.63. The van der Waals surface area contributed by atoms with Gasteiger partial charge in [-0.1, -0.05) is 6.07 Å². The average Bonchev–Trinajstić information content (AvgIpc) is 3.06. The Labute approximate surface area is 146 Å². The van der Waals surface area contributed by atoms with E-state index in [1.807, 2.05) is 28.8 Å². The molecule has 0 unspecified atom stereocenters. The number of rotatable bonds is 4. The molecule has 0 radical (unpaired) electrons. The SMILES string of the molecule is O=c1ccc2c(n1Cc1ccncc1)CCN(Cc1ccoc1)CC2. The lowest BCUT2D eigenvalue weighted by Gasteiger charge is -2.18. The third-order valence-corrected chi connectivity index (χ3v) is 4.83. The number of hydrogen-bond acceptors (Lipinski definition) is 4. The van der Waals surface area contributed by atoms with Gasteiger partial charge >= 0.3 is 0 Å². The fourth-order valence-corrected chi connectivity index (χ4v) is 3.48. The van der Waals surface area contributed by atoms with Gasteiger partial charge in [0.25, 0.3) is 5.56 Å². The summed E-state index contributed by atoms with van der Waals surface area (Å²) in [5, 5.41) is 0. The van der Waals surface area contributed by atoms with Crippen LogP contribution in [0.15, 0.2) is 64.5 Å². The second kappa shape index (κ2) is 7.07. The van der Waals surface area contributed by atoms with Crippen molar-refractivity contribution in [3.8, 4) is 0 Å². The van der Waals surface area contributed by atoms with Crippen molar-refractivity contribution in [3.63, 3.8) is 0 Å². The van der Waals surface area contributed by atoms with Gasteiger partial charge < -0.3 is 8.98 Å². The maximum Gasteiger partial charge on any atom is 0.251 e. The molecular formula is C20H21N3O2. The zero-order chi connectivity index (χ0) is 17.1. The van der Waals surface area contributed by atoms with Crippen LogP contribution >= 0.6 is 0 Å². The summed E-state index contributed by atoms with van der Waals surface area (Å²) in [5.41, 5.74) is 4.81. The fourth-order valence-electron chi connectivity index (χ4n) is 3.48. The predicted octanol–water partition coefficient (Wildman–Crippen LogP) is 2.49. The van der Waals surface area contributed by atoms with Gasteiger partial charge in [-0.05, 0) is 35.7 Å². The van der Waals surface area contributed by atoms with Crippen molar-refractivity contribution in [2.24, 2.45) is 0 Å². The molecule has 3 aromatic rings. The molecule has 1 aliphatic heterocycles. The number of furan rings is 1. The summed E-state index contributed by atoms with van der Waals surface area (Å²) in [5.74, 6) is 0. The van der Waals surface area contributed by atoms with E-state index in [1.54, 1.807) is 31.0 Å². The molecular weight excluding hydrogens is 314 g/mol. The molecule has 3 aromatic heterocycles. The molecule has 0 saturated carbocycles. The number of pyridine rings is 2. The van der Waals surface area contributed by atoms with Crippen LogP contribution in [0.25, 0.3) is 0 Å². The van der Waals surface area contributed by atoms with E-state index in [0.717, 1.165) is 38.0 Å². The van der Waals surface area contributed by atoms with Crippen LogP contribution in [0.1, 0.15) is 22.4 Å². The first-order valence-corrected chi connectivity index (χ1v) is 8.63. The lowest BCUT2D eigenvalue weighted by Crippen LogP contribution is -2.27. The van der Waals surface area contributed by atoms with Crippen LogP contribution in [0.5, 0.6) is 0 Å². The van der Waals surface area contributed by atoms with E-state index >= 15 is 0 Å². The Morgan fingerprint density at radius 2 is 1.80 bits per heavy atom. The van der Waals surface area contributed by atoms with Gasteiger partial charge in [-0.25, -0.2) is 0 Å². The maximum absolute atomic E-state index is 12.5. The van der Waals surface area contributed by atoms with Gasteiger partial charge in [0.2, 0.25) is 0 Å². The van der Waals surface area contributed by atoms with Gasteiger partial charge in [0.1, 0.15) is 0 Å². The standard InChI is InChI=1S/C20H21N3O2/c24-20-2-1-18-5-10-22(13-17-7-12-25-15-17)11-6-19(18)23(20)14-16-3-8-21-9-4-16/h1-4,7-9,12,15H,5-6,10-11,13-14H2. The maximum atomic E-state index is 12.5. The highest BCUT2D eigenvalue weighted by Gasteiger charge is 2.18. The molecule has 0 aromatic carbocycles. The molecule has 4 heterocycles. The van der Waals surface area contributed by atoms with E-state index in [4.69, 9.17) is 4.42 Å². The van der Waals surface area contributed by atoms with Gasteiger partial charge in [-0.3, -0.25) is 14.7 Å². The molecule has 0 fully saturated rings. The van der Waals surface area contributed by atoms with Crippen molar-refractivity contribution in [1.29, 1.82) is 0 Å². The van der Waals surface area contributed by atoms with E-state index in [2.05, 4.69) is 9.88 Å². The van der Waals surface area contributed by atoms with E-state index in [1.165, 1.54) is 16.8 Å². The molecule has 5 heteroatoms. The molecule has 0 saturated heterocycles. The summed E-state index contributed by atoms with van der Waals surface area (Å²) in [6.07, 6.45) is 8.91. The summed E-state index contributed by atoms with van der Waals surface area (Å²) in [7, 11) is 0. The van der Waals surface area contributed by atoms with Gasteiger partial charge in [-0.2, -0.15) is 0 Å². The first kappa shape index (κ1) is 15.8. The Balaban J connectivity index is 1.58. The highest BCUT2D eigenvalue weighted by Crippen LogP contribution is 2.17. The van der Waals surface area contributed by atoms with Crippen LogP contribution in [0.4, 0.5) is 0 Å². The molecule has 0 atom stereocenters. The summed E-state index contributed by atoms with van der Waals surface area (Å²) in [4.78, 5) is 18.9. The molecule has 0 aliphatic carbocycles. The molecule has 0 amide bonds. The molecule has 1 aliphatic rings. The Hall–Kier alpha value is -2.66. The van der Waals surface area contributed by atoms with Crippen molar-refractivity contribution < 1.29 is 4.42 Å². The second-order valence-electron chi connectivity index (χ2n) is 6.49. The smallest absolute Gasteiger partial charge is 0.251 e. The number of nitrogens with zero attached hydrogens (tertiary/aromatic N) is 3. The van der Waals surface area contributed by atoms with Gasteiger partial charge in [0.15, 0.2) is 0 Å². The minimum atomic E-state index is 0.0684.